The topological polar surface area (TPSA) is 51.1 Å². The van der Waals surface area contributed by atoms with Gasteiger partial charge in [0.05, 0.1) is 6.10 Å². The Balaban J connectivity index is 1.85. The molecule has 1 aliphatic heterocycles. The van der Waals surface area contributed by atoms with Crippen LogP contribution in [0.2, 0.25) is 5.28 Å². The van der Waals surface area contributed by atoms with Crippen LogP contribution in [0.1, 0.15) is 52.4 Å². The minimum absolute atomic E-state index is 0.0279. The van der Waals surface area contributed by atoms with Crippen LogP contribution in [0.4, 0.5) is 5.95 Å². The van der Waals surface area contributed by atoms with E-state index in [1.807, 2.05) is 13.8 Å². The molecular weight excluding hydrogens is 288 g/mol. The normalized spacial score (nSPS) is 25.8. The average molecular weight is 311 g/mol. The van der Waals surface area contributed by atoms with Gasteiger partial charge in [0.15, 0.2) is 0 Å². The second kappa shape index (κ2) is 6.34. The number of piperidine rings is 1. The van der Waals surface area contributed by atoms with E-state index in [4.69, 9.17) is 16.3 Å². The second-order valence-electron chi connectivity index (χ2n) is 6.30. The second-order valence-corrected chi connectivity index (χ2v) is 6.64. The van der Waals surface area contributed by atoms with Gasteiger partial charge in [-0.25, -0.2) is 0 Å². The molecule has 2 fully saturated rings. The van der Waals surface area contributed by atoms with E-state index in [9.17, 15) is 0 Å². The molecule has 0 radical (unpaired) electrons. The highest BCUT2D eigenvalue weighted by atomic mass is 35.5. The highest BCUT2D eigenvalue weighted by molar-refractivity contribution is 6.28. The Morgan fingerprint density at radius 2 is 1.86 bits per heavy atom. The van der Waals surface area contributed by atoms with Gasteiger partial charge in [0.25, 0.3) is 0 Å². The third kappa shape index (κ3) is 3.39. The van der Waals surface area contributed by atoms with E-state index in [0.29, 0.717) is 18.0 Å². The zero-order valence-electron chi connectivity index (χ0n) is 12.8. The third-order valence-electron chi connectivity index (χ3n) is 4.42. The molecule has 1 saturated carbocycles. The van der Waals surface area contributed by atoms with E-state index in [2.05, 4.69) is 19.9 Å². The van der Waals surface area contributed by atoms with Crippen LogP contribution >= 0.6 is 11.6 Å². The number of halogens is 1. The Hall–Kier alpha value is -1.10. The Bertz CT molecular complexity index is 495. The Morgan fingerprint density at radius 3 is 2.67 bits per heavy atom. The molecule has 5 nitrogen and oxygen atoms in total. The van der Waals surface area contributed by atoms with E-state index >= 15 is 0 Å². The molecule has 0 N–H and O–H groups in total. The summed E-state index contributed by atoms with van der Waals surface area (Å²) in [5.74, 6) is 1.46. The van der Waals surface area contributed by atoms with E-state index in [1.165, 1.54) is 38.5 Å². The first-order chi connectivity index (χ1) is 10.1. The van der Waals surface area contributed by atoms with Crippen molar-refractivity contribution in [2.24, 2.45) is 5.92 Å². The average Bonchev–Trinajstić information content (AvgIpc) is 2.45. The first-order valence-electron chi connectivity index (χ1n) is 7.98. The molecule has 3 rings (SSSR count). The molecule has 21 heavy (non-hydrogen) atoms. The Kier molecular flexibility index (Phi) is 4.48. The number of hydrogen-bond donors (Lipinski definition) is 0. The van der Waals surface area contributed by atoms with Crippen molar-refractivity contribution < 1.29 is 4.74 Å². The van der Waals surface area contributed by atoms with Crippen LogP contribution < -0.4 is 9.64 Å². The summed E-state index contributed by atoms with van der Waals surface area (Å²) in [5.41, 5.74) is 0. The number of rotatable bonds is 3. The molecule has 1 aromatic rings. The third-order valence-corrected chi connectivity index (χ3v) is 4.59. The van der Waals surface area contributed by atoms with Gasteiger partial charge in [-0.15, -0.1) is 0 Å². The van der Waals surface area contributed by atoms with Gasteiger partial charge in [-0.3, -0.25) is 0 Å². The molecule has 6 heteroatoms. The lowest BCUT2D eigenvalue weighted by atomic mass is 9.78. The monoisotopic (exact) mass is 310 g/mol. The van der Waals surface area contributed by atoms with Crippen molar-refractivity contribution in [1.29, 1.82) is 0 Å². The summed E-state index contributed by atoms with van der Waals surface area (Å²) in [6.07, 6.45) is 7.77. The smallest absolute Gasteiger partial charge is 0.322 e. The lowest BCUT2D eigenvalue weighted by Gasteiger charge is -2.44. The van der Waals surface area contributed by atoms with Crippen LogP contribution in [-0.2, 0) is 0 Å². The van der Waals surface area contributed by atoms with Gasteiger partial charge >= 0.3 is 6.01 Å². The number of ether oxygens (including phenoxy) is 1. The molecule has 2 unspecified atom stereocenters. The zero-order chi connectivity index (χ0) is 14.8. The molecule has 1 aromatic heterocycles. The van der Waals surface area contributed by atoms with E-state index in [0.717, 1.165) is 12.5 Å². The number of fused-ring (bicyclic) bond motifs is 1. The van der Waals surface area contributed by atoms with Crippen LogP contribution in [0, 0.1) is 5.92 Å². The quantitative estimate of drug-likeness (QED) is 0.855. The maximum Gasteiger partial charge on any atom is 0.322 e. The number of anilines is 1. The predicted octanol–water partition coefficient (Wildman–Crippen LogP) is 3.47. The minimum atomic E-state index is 0.0279. The van der Waals surface area contributed by atoms with Crippen molar-refractivity contribution in [3.63, 3.8) is 0 Å². The van der Waals surface area contributed by atoms with Crippen molar-refractivity contribution in [1.82, 2.24) is 15.0 Å². The fraction of sp³-hybridized carbons (Fsp3) is 0.800. The SMILES string of the molecule is CC(C)Oc1nc(Cl)nc(N2CCCC3CCCCC32)n1. The van der Waals surface area contributed by atoms with Gasteiger partial charge in [0.2, 0.25) is 11.2 Å². The number of nitrogens with zero attached hydrogens (tertiary/aromatic N) is 4. The fourth-order valence-corrected chi connectivity index (χ4v) is 3.73. The van der Waals surface area contributed by atoms with Gasteiger partial charge in [-0.2, -0.15) is 15.0 Å². The largest absolute Gasteiger partial charge is 0.461 e. The summed E-state index contributed by atoms with van der Waals surface area (Å²) in [6, 6.07) is 0.885. The number of aromatic nitrogens is 3. The summed E-state index contributed by atoms with van der Waals surface area (Å²) in [6.45, 7) is 4.91. The summed E-state index contributed by atoms with van der Waals surface area (Å²) >= 11 is 6.06. The predicted molar refractivity (Wildman–Crippen MR) is 82.9 cm³/mol. The van der Waals surface area contributed by atoms with Crippen LogP contribution in [0.15, 0.2) is 0 Å². The first kappa shape index (κ1) is 14.8. The molecule has 2 aliphatic rings. The molecular formula is C15H23ClN4O. The van der Waals surface area contributed by atoms with Crippen molar-refractivity contribution in [2.75, 3.05) is 11.4 Å². The van der Waals surface area contributed by atoms with Crippen molar-refractivity contribution >= 4 is 17.5 Å². The van der Waals surface area contributed by atoms with Crippen molar-refractivity contribution in [3.05, 3.63) is 5.28 Å². The van der Waals surface area contributed by atoms with Crippen LogP contribution in [0.3, 0.4) is 0 Å². The maximum atomic E-state index is 6.06. The summed E-state index contributed by atoms with van der Waals surface area (Å²) in [4.78, 5) is 15.2. The fourth-order valence-electron chi connectivity index (χ4n) is 3.59. The molecule has 0 amide bonds. The van der Waals surface area contributed by atoms with Gasteiger partial charge in [0, 0.05) is 12.6 Å². The summed E-state index contributed by atoms with van der Waals surface area (Å²) in [5, 5.41) is 0.216. The molecule has 0 aromatic carbocycles. The van der Waals surface area contributed by atoms with Gasteiger partial charge in [-0.1, -0.05) is 12.8 Å². The Labute approximate surface area is 131 Å². The van der Waals surface area contributed by atoms with Gasteiger partial charge in [-0.05, 0) is 57.0 Å². The van der Waals surface area contributed by atoms with Crippen LogP contribution in [0.5, 0.6) is 6.01 Å². The highest BCUT2D eigenvalue weighted by Crippen LogP contribution is 2.37. The van der Waals surface area contributed by atoms with Crippen molar-refractivity contribution in [2.45, 2.75) is 64.5 Å². The van der Waals surface area contributed by atoms with Crippen molar-refractivity contribution in [3.8, 4) is 6.01 Å². The van der Waals surface area contributed by atoms with Crippen LogP contribution in [-0.4, -0.2) is 33.6 Å². The van der Waals surface area contributed by atoms with Gasteiger partial charge < -0.3 is 9.64 Å². The zero-order valence-corrected chi connectivity index (χ0v) is 13.5. The maximum absolute atomic E-state index is 6.06. The standard InChI is InChI=1S/C15H23ClN4O/c1-10(2)21-15-18-13(16)17-14(19-15)20-9-5-7-11-6-3-4-8-12(11)20/h10-12H,3-9H2,1-2H3. The minimum Gasteiger partial charge on any atom is -0.461 e. The van der Waals surface area contributed by atoms with Crippen LogP contribution in [0.25, 0.3) is 0 Å². The highest BCUT2D eigenvalue weighted by Gasteiger charge is 2.34. The molecule has 0 spiro atoms. The molecule has 2 atom stereocenters. The Morgan fingerprint density at radius 1 is 1.10 bits per heavy atom. The van der Waals surface area contributed by atoms with E-state index in [1.54, 1.807) is 0 Å². The van der Waals surface area contributed by atoms with Gasteiger partial charge in [0.1, 0.15) is 0 Å². The molecule has 116 valence electrons. The lowest BCUT2D eigenvalue weighted by Crippen LogP contribution is -2.47. The molecule has 0 bridgehead atoms. The lowest BCUT2D eigenvalue weighted by molar-refractivity contribution is 0.218. The number of hydrogen-bond acceptors (Lipinski definition) is 5. The first-order valence-corrected chi connectivity index (χ1v) is 8.36. The molecule has 1 aliphatic carbocycles. The van der Waals surface area contributed by atoms with E-state index < -0.39 is 0 Å². The summed E-state index contributed by atoms with van der Waals surface area (Å²) < 4.78 is 5.59. The van der Waals surface area contributed by atoms with E-state index in [-0.39, 0.29) is 11.4 Å². The molecule has 1 saturated heterocycles. The summed E-state index contributed by atoms with van der Waals surface area (Å²) in [7, 11) is 0. The molecule has 2 heterocycles.